The molecule has 0 radical (unpaired) electrons. The van der Waals surface area contributed by atoms with Crippen LogP contribution in [0, 0.1) is 0 Å². The molecule has 1 fully saturated rings. The normalized spacial score (nSPS) is 17.0. The number of aromatic nitrogens is 3. The molecule has 0 saturated heterocycles. The first kappa shape index (κ1) is 8.41. The first-order valence-corrected chi connectivity index (χ1v) is 4.76. The van der Waals surface area contributed by atoms with Crippen molar-refractivity contribution in [3.05, 3.63) is 11.9 Å². The Morgan fingerprint density at radius 1 is 1.69 bits per heavy atom. The first-order valence-electron chi connectivity index (χ1n) is 4.76. The average Bonchev–Trinajstić information content (AvgIpc) is 2.49. The standard InChI is InChI=1S/C9H13N3O/c1-2-9(13)8-6-12(11-10-8)7-4-3-5-7/h6-7H,2-5H2,1H3. The maximum atomic E-state index is 11.2. The smallest absolute Gasteiger partial charge is 0.184 e. The Bertz CT molecular complexity index is 314. The van der Waals surface area contributed by atoms with Gasteiger partial charge in [-0.2, -0.15) is 0 Å². The fraction of sp³-hybridized carbons (Fsp3) is 0.667. The highest BCUT2D eigenvalue weighted by atomic mass is 16.1. The van der Waals surface area contributed by atoms with Crippen molar-refractivity contribution >= 4 is 5.78 Å². The Hall–Kier alpha value is -1.19. The molecule has 0 spiro atoms. The molecule has 0 unspecified atom stereocenters. The molecule has 2 rings (SSSR count). The molecule has 4 nitrogen and oxygen atoms in total. The molecule has 0 aromatic carbocycles. The van der Waals surface area contributed by atoms with E-state index in [1.807, 2.05) is 11.6 Å². The van der Waals surface area contributed by atoms with Crippen molar-refractivity contribution in [2.24, 2.45) is 0 Å². The molecule has 0 N–H and O–H groups in total. The molecule has 1 aromatic rings. The number of ketones is 1. The van der Waals surface area contributed by atoms with Crippen molar-refractivity contribution in [1.82, 2.24) is 15.0 Å². The monoisotopic (exact) mass is 179 g/mol. The summed E-state index contributed by atoms with van der Waals surface area (Å²) >= 11 is 0. The minimum Gasteiger partial charge on any atom is -0.292 e. The zero-order valence-corrected chi connectivity index (χ0v) is 7.73. The van der Waals surface area contributed by atoms with Crippen LogP contribution in [0.5, 0.6) is 0 Å². The van der Waals surface area contributed by atoms with Gasteiger partial charge in [0.2, 0.25) is 0 Å². The van der Waals surface area contributed by atoms with Crippen molar-refractivity contribution < 1.29 is 4.79 Å². The van der Waals surface area contributed by atoms with Crippen LogP contribution in [0.3, 0.4) is 0 Å². The van der Waals surface area contributed by atoms with Crippen molar-refractivity contribution in [2.45, 2.75) is 38.6 Å². The van der Waals surface area contributed by atoms with E-state index in [1.165, 1.54) is 19.3 Å². The summed E-state index contributed by atoms with van der Waals surface area (Å²) in [4.78, 5) is 11.2. The second kappa shape index (κ2) is 3.28. The van der Waals surface area contributed by atoms with E-state index in [-0.39, 0.29) is 5.78 Å². The van der Waals surface area contributed by atoms with Gasteiger partial charge < -0.3 is 0 Å². The predicted molar refractivity (Wildman–Crippen MR) is 47.5 cm³/mol. The Kier molecular flexibility index (Phi) is 2.12. The van der Waals surface area contributed by atoms with Crippen LogP contribution in [-0.2, 0) is 0 Å². The first-order chi connectivity index (χ1) is 6.31. The van der Waals surface area contributed by atoms with Crippen molar-refractivity contribution in [3.63, 3.8) is 0 Å². The fourth-order valence-corrected chi connectivity index (χ4v) is 1.42. The zero-order chi connectivity index (χ0) is 9.26. The van der Waals surface area contributed by atoms with Gasteiger partial charge in [0.1, 0.15) is 5.69 Å². The summed E-state index contributed by atoms with van der Waals surface area (Å²) in [6.07, 6.45) is 5.88. The van der Waals surface area contributed by atoms with Gasteiger partial charge in [-0.15, -0.1) is 5.10 Å². The predicted octanol–water partition coefficient (Wildman–Crippen LogP) is 1.60. The van der Waals surface area contributed by atoms with Gasteiger partial charge >= 0.3 is 0 Å². The van der Waals surface area contributed by atoms with Crippen LogP contribution in [0.25, 0.3) is 0 Å². The van der Waals surface area contributed by atoms with Gasteiger partial charge in [-0.05, 0) is 19.3 Å². The number of carbonyl (C=O) groups is 1. The molecular formula is C9H13N3O. The number of carbonyl (C=O) groups excluding carboxylic acids is 1. The lowest BCUT2D eigenvalue weighted by atomic mass is 9.93. The molecule has 4 heteroatoms. The minimum atomic E-state index is 0.0746. The lowest BCUT2D eigenvalue weighted by Crippen LogP contribution is -2.17. The topological polar surface area (TPSA) is 47.8 Å². The van der Waals surface area contributed by atoms with E-state index in [0.717, 1.165) is 0 Å². The number of rotatable bonds is 3. The van der Waals surface area contributed by atoms with E-state index in [2.05, 4.69) is 10.3 Å². The van der Waals surface area contributed by atoms with Crippen molar-refractivity contribution in [3.8, 4) is 0 Å². The van der Waals surface area contributed by atoms with Crippen LogP contribution >= 0.6 is 0 Å². The number of Topliss-reactive ketones (excluding diaryl/α,β-unsaturated/α-hetero) is 1. The molecule has 1 aliphatic rings. The molecule has 0 bridgehead atoms. The summed E-state index contributed by atoms with van der Waals surface area (Å²) in [5, 5.41) is 7.81. The molecule has 1 aliphatic carbocycles. The largest absolute Gasteiger partial charge is 0.292 e. The van der Waals surface area contributed by atoms with Gasteiger partial charge in [-0.25, -0.2) is 4.68 Å². The Labute approximate surface area is 76.9 Å². The van der Waals surface area contributed by atoms with Crippen LogP contribution in [-0.4, -0.2) is 20.8 Å². The van der Waals surface area contributed by atoms with Gasteiger partial charge in [-0.3, -0.25) is 4.79 Å². The summed E-state index contributed by atoms with van der Waals surface area (Å²) in [6, 6.07) is 0.492. The molecule has 0 atom stereocenters. The van der Waals surface area contributed by atoms with E-state index in [4.69, 9.17) is 0 Å². The second-order valence-corrected chi connectivity index (χ2v) is 3.45. The van der Waals surface area contributed by atoms with Gasteiger partial charge in [0.05, 0.1) is 12.2 Å². The molecule has 1 heterocycles. The van der Waals surface area contributed by atoms with Gasteiger partial charge in [0, 0.05) is 6.42 Å². The third-order valence-electron chi connectivity index (χ3n) is 2.57. The van der Waals surface area contributed by atoms with Crippen LogP contribution in [0.1, 0.15) is 49.1 Å². The van der Waals surface area contributed by atoms with E-state index in [1.54, 1.807) is 6.20 Å². The van der Waals surface area contributed by atoms with Crippen molar-refractivity contribution in [2.75, 3.05) is 0 Å². The second-order valence-electron chi connectivity index (χ2n) is 3.45. The summed E-state index contributed by atoms with van der Waals surface area (Å²) in [5.41, 5.74) is 0.509. The average molecular weight is 179 g/mol. The number of hydrogen-bond acceptors (Lipinski definition) is 3. The maximum absolute atomic E-state index is 11.2. The molecule has 0 amide bonds. The highest BCUT2D eigenvalue weighted by molar-refractivity contribution is 5.93. The Balaban J connectivity index is 2.12. The fourth-order valence-electron chi connectivity index (χ4n) is 1.42. The Morgan fingerprint density at radius 3 is 3.00 bits per heavy atom. The zero-order valence-electron chi connectivity index (χ0n) is 7.73. The SMILES string of the molecule is CCC(=O)c1cn(C2CCC2)nn1. The highest BCUT2D eigenvalue weighted by Crippen LogP contribution is 2.30. The van der Waals surface area contributed by atoms with E-state index in [0.29, 0.717) is 18.2 Å². The lowest BCUT2D eigenvalue weighted by Gasteiger charge is -2.24. The van der Waals surface area contributed by atoms with E-state index < -0.39 is 0 Å². The van der Waals surface area contributed by atoms with Gasteiger partial charge in [0.15, 0.2) is 5.78 Å². The maximum Gasteiger partial charge on any atom is 0.184 e. The van der Waals surface area contributed by atoms with Crippen LogP contribution in [0.15, 0.2) is 6.20 Å². The summed E-state index contributed by atoms with van der Waals surface area (Å²) in [6.45, 7) is 1.84. The third-order valence-corrected chi connectivity index (χ3v) is 2.57. The molecule has 1 saturated carbocycles. The number of hydrogen-bond donors (Lipinski definition) is 0. The summed E-state index contributed by atoms with van der Waals surface area (Å²) in [7, 11) is 0. The molecule has 0 aliphatic heterocycles. The molecule has 13 heavy (non-hydrogen) atoms. The van der Waals surface area contributed by atoms with Crippen LogP contribution in [0.2, 0.25) is 0 Å². The number of nitrogens with zero attached hydrogens (tertiary/aromatic N) is 3. The van der Waals surface area contributed by atoms with Crippen LogP contribution in [0.4, 0.5) is 0 Å². The summed E-state index contributed by atoms with van der Waals surface area (Å²) < 4.78 is 1.83. The van der Waals surface area contributed by atoms with Gasteiger partial charge in [-0.1, -0.05) is 12.1 Å². The minimum absolute atomic E-state index is 0.0746. The highest BCUT2D eigenvalue weighted by Gasteiger charge is 2.21. The van der Waals surface area contributed by atoms with E-state index >= 15 is 0 Å². The Morgan fingerprint density at radius 2 is 2.46 bits per heavy atom. The molecular weight excluding hydrogens is 166 g/mol. The van der Waals surface area contributed by atoms with Crippen molar-refractivity contribution in [1.29, 1.82) is 0 Å². The lowest BCUT2D eigenvalue weighted by molar-refractivity contribution is 0.0983. The molecule has 1 aromatic heterocycles. The van der Waals surface area contributed by atoms with Crippen LogP contribution < -0.4 is 0 Å². The van der Waals surface area contributed by atoms with E-state index in [9.17, 15) is 4.79 Å². The quantitative estimate of drug-likeness (QED) is 0.662. The third kappa shape index (κ3) is 1.48. The van der Waals surface area contributed by atoms with Gasteiger partial charge in [0.25, 0.3) is 0 Å². The molecule has 70 valence electrons. The summed E-state index contributed by atoms with van der Waals surface area (Å²) in [5.74, 6) is 0.0746.